The first-order chi connectivity index (χ1) is 10.3. The highest BCUT2D eigenvalue weighted by atomic mass is 16.5. The van der Waals surface area contributed by atoms with Crippen molar-refractivity contribution in [3.05, 3.63) is 0 Å². The number of hydrogen-bond donors (Lipinski definition) is 1. The molecular formula is C16H33N3O2. The van der Waals surface area contributed by atoms with E-state index >= 15 is 0 Å². The predicted octanol–water partition coefficient (Wildman–Crippen LogP) is 0.487. The van der Waals surface area contributed by atoms with Gasteiger partial charge in [0.25, 0.3) is 0 Å². The Bertz CT molecular complexity index is 264. The molecule has 2 rings (SSSR count). The highest BCUT2D eigenvalue weighted by molar-refractivity contribution is 4.78. The van der Waals surface area contributed by atoms with Crippen LogP contribution in [0.25, 0.3) is 0 Å². The van der Waals surface area contributed by atoms with Crippen LogP contribution in [0.5, 0.6) is 0 Å². The Kier molecular flexibility index (Phi) is 7.96. The van der Waals surface area contributed by atoms with E-state index < -0.39 is 0 Å². The second kappa shape index (κ2) is 9.74. The highest BCUT2D eigenvalue weighted by Crippen LogP contribution is 2.15. The molecule has 0 radical (unpaired) electrons. The molecule has 5 nitrogen and oxygen atoms in total. The molecule has 5 heteroatoms. The summed E-state index contributed by atoms with van der Waals surface area (Å²) >= 11 is 0. The Morgan fingerprint density at radius 1 is 1.00 bits per heavy atom. The first-order valence-corrected chi connectivity index (χ1v) is 8.63. The first-order valence-electron chi connectivity index (χ1n) is 8.63. The lowest BCUT2D eigenvalue weighted by atomic mass is 10.0. The van der Waals surface area contributed by atoms with Gasteiger partial charge in [-0.2, -0.15) is 0 Å². The van der Waals surface area contributed by atoms with E-state index in [9.17, 15) is 0 Å². The van der Waals surface area contributed by atoms with Crippen LogP contribution in [0.2, 0.25) is 0 Å². The fraction of sp³-hybridized carbons (Fsp3) is 1.00. The molecule has 2 aliphatic heterocycles. The number of likely N-dealkylation sites (tertiary alicyclic amines) is 1. The van der Waals surface area contributed by atoms with Gasteiger partial charge in [0, 0.05) is 32.3 Å². The number of ether oxygens (including phenoxy) is 1. The van der Waals surface area contributed by atoms with Crippen molar-refractivity contribution >= 4 is 0 Å². The van der Waals surface area contributed by atoms with Gasteiger partial charge in [-0.1, -0.05) is 0 Å². The molecule has 2 aliphatic rings. The third kappa shape index (κ3) is 6.20. The second-order valence-electron chi connectivity index (χ2n) is 6.44. The molecule has 0 aromatic carbocycles. The topological polar surface area (TPSA) is 39.2 Å². The van der Waals surface area contributed by atoms with E-state index in [4.69, 9.17) is 9.84 Å². The molecule has 0 amide bonds. The van der Waals surface area contributed by atoms with Gasteiger partial charge in [0.15, 0.2) is 0 Å². The summed E-state index contributed by atoms with van der Waals surface area (Å²) in [5.41, 5.74) is 0. The zero-order valence-electron chi connectivity index (χ0n) is 13.7. The molecule has 0 saturated carbocycles. The molecule has 1 N–H and O–H groups in total. The second-order valence-corrected chi connectivity index (χ2v) is 6.44. The molecule has 0 bridgehead atoms. The van der Waals surface area contributed by atoms with E-state index in [0.717, 1.165) is 39.3 Å². The fourth-order valence-corrected chi connectivity index (χ4v) is 3.43. The lowest BCUT2D eigenvalue weighted by Crippen LogP contribution is -2.44. The van der Waals surface area contributed by atoms with Gasteiger partial charge in [0.05, 0.1) is 13.2 Å². The minimum atomic E-state index is 0.310. The largest absolute Gasteiger partial charge is 0.396 e. The SMILES string of the molecule is CN(CCCO)C1CCN(CCCN2CCOCC2)CC1. The number of aliphatic hydroxyl groups excluding tert-OH is 1. The third-order valence-electron chi connectivity index (χ3n) is 4.90. The number of rotatable bonds is 8. The van der Waals surface area contributed by atoms with E-state index in [1.165, 1.54) is 45.4 Å². The summed E-state index contributed by atoms with van der Waals surface area (Å²) in [4.78, 5) is 7.58. The maximum absolute atomic E-state index is 8.91. The Balaban J connectivity index is 1.54. The summed E-state index contributed by atoms with van der Waals surface area (Å²) in [5.74, 6) is 0. The van der Waals surface area contributed by atoms with Gasteiger partial charge in [-0.05, 0) is 58.9 Å². The molecule has 0 unspecified atom stereocenters. The van der Waals surface area contributed by atoms with Gasteiger partial charge >= 0.3 is 0 Å². The molecule has 0 aromatic heterocycles. The number of aliphatic hydroxyl groups is 1. The lowest BCUT2D eigenvalue weighted by molar-refractivity contribution is 0.0352. The van der Waals surface area contributed by atoms with E-state index in [2.05, 4.69) is 21.7 Å². The summed E-state index contributed by atoms with van der Waals surface area (Å²) in [5, 5.41) is 8.91. The van der Waals surface area contributed by atoms with Crippen LogP contribution in [0.3, 0.4) is 0 Å². The molecule has 0 spiro atoms. The van der Waals surface area contributed by atoms with Crippen molar-refractivity contribution in [3.63, 3.8) is 0 Å². The third-order valence-corrected chi connectivity index (χ3v) is 4.90. The average Bonchev–Trinajstić information content (AvgIpc) is 2.54. The van der Waals surface area contributed by atoms with Gasteiger partial charge in [-0.3, -0.25) is 4.90 Å². The van der Waals surface area contributed by atoms with Crippen LogP contribution in [-0.4, -0.2) is 98.5 Å². The van der Waals surface area contributed by atoms with Gasteiger partial charge < -0.3 is 19.6 Å². The summed E-state index contributed by atoms with van der Waals surface area (Å²) in [7, 11) is 2.20. The Hall–Kier alpha value is -0.200. The van der Waals surface area contributed by atoms with Crippen LogP contribution in [0.4, 0.5) is 0 Å². The van der Waals surface area contributed by atoms with Crippen molar-refractivity contribution in [2.24, 2.45) is 0 Å². The van der Waals surface area contributed by atoms with Crippen molar-refractivity contribution in [1.82, 2.24) is 14.7 Å². The zero-order valence-corrected chi connectivity index (χ0v) is 13.7. The van der Waals surface area contributed by atoms with Crippen molar-refractivity contribution in [2.45, 2.75) is 31.7 Å². The minimum absolute atomic E-state index is 0.310. The van der Waals surface area contributed by atoms with Crippen LogP contribution in [0, 0.1) is 0 Å². The first kappa shape index (κ1) is 17.2. The van der Waals surface area contributed by atoms with Gasteiger partial charge in [0.2, 0.25) is 0 Å². The van der Waals surface area contributed by atoms with Crippen molar-refractivity contribution < 1.29 is 9.84 Å². The molecule has 0 aromatic rings. The average molecular weight is 299 g/mol. The molecule has 21 heavy (non-hydrogen) atoms. The van der Waals surface area contributed by atoms with Crippen LogP contribution in [0.15, 0.2) is 0 Å². The summed E-state index contributed by atoms with van der Waals surface area (Å²) in [6, 6.07) is 0.715. The number of nitrogens with zero attached hydrogens (tertiary/aromatic N) is 3. The van der Waals surface area contributed by atoms with Crippen molar-refractivity contribution in [3.8, 4) is 0 Å². The molecule has 0 atom stereocenters. The van der Waals surface area contributed by atoms with Gasteiger partial charge in [-0.25, -0.2) is 0 Å². The van der Waals surface area contributed by atoms with Crippen LogP contribution in [-0.2, 0) is 4.74 Å². The number of hydrogen-bond acceptors (Lipinski definition) is 5. The summed E-state index contributed by atoms with van der Waals surface area (Å²) in [6.07, 6.45) is 4.74. The van der Waals surface area contributed by atoms with Crippen LogP contribution in [0.1, 0.15) is 25.7 Å². The summed E-state index contributed by atoms with van der Waals surface area (Å²) < 4.78 is 5.39. The predicted molar refractivity (Wildman–Crippen MR) is 85.7 cm³/mol. The van der Waals surface area contributed by atoms with E-state index in [-0.39, 0.29) is 0 Å². The van der Waals surface area contributed by atoms with Crippen LogP contribution < -0.4 is 0 Å². The Morgan fingerprint density at radius 3 is 2.24 bits per heavy atom. The van der Waals surface area contributed by atoms with E-state index in [1.807, 2.05) is 0 Å². The Labute approximate surface area is 129 Å². The minimum Gasteiger partial charge on any atom is -0.396 e. The van der Waals surface area contributed by atoms with E-state index in [0.29, 0.717) is 12.6 Å². The number of morpholine rings is 1. The van der Waals surface area contributed by atoms with Crippen molar-refractivity contribution in [2.75, 3.05) is 72.7 Å². The maximum Gasteiger partial charge on any atom is 0.0594 e. The highest BCUT2D eigenvalue weighted by Gasteiger charge is 2.22. The van der Waals surface area contributed by atoms with E-state index in [1.54, 1.807) is 0 Å². The molecule has 0 aliphatic carbocycles. The zero-order chi connectivity index (χ0) is 14.9. The Morgan fingerprint density at radius 2 is 1.62 bits per heavy atom. The maximum atomic E-state index is 8.91. The lowest BCUT2D eigenvalue weighted by Gasteiger charge is -2.37. The quantitative estimate of drug-likeness (QED) is 0.706. The normalized spacial score (nSPS) is 23.0. The molecule has 124 valence electrons. The molecular weight excluding hydrogens is 266 g/mol. The monoisotopic (exact) mass is 299 g/mol. The summed E-state index contributed by atoms with van der Waals surface area (Å²) in [6.45, 7) is 10.3. The fourth-order valence-electron chi connectivity index (χ4n) is 3.43. The van der Waals surface area contributed by atoms with Gasteiger partial charge in [-0.15, -0.1) is 0 Å². The van der Waals surface area contributed by atoms with Crippen molar-refractivity contribution in [1.29, 1.82) is 0 Å². The standard InChI is InChI=1S/C16H33N3O2/c1-17(6-3-13-20)16-4-9-18(10-5-16)7-2-8-19-11-14-21-15-12-19/h16,20H,2-15H2,1H3. The smallest absolute Gasteiger partial charge is 0.0594 e. The van der Waals surface area contributed by atoms with Gasteiger partial charge in [0.1, 0.15) is 0 Å². The molecule has 2 fully saturated rings. The molecule has 2 heterocycles. The molecule has 2 saturated heterocycles. The number of piperidine rings is 1. The van der Waals surface area contributed by atoms with Crippen LogP contribution >= 0.6 is 0 Å².